The summed E-state index contributed by atoms with van der Waals surface area (Å²) >= 11 is 0. The largest absolute Gasteiger partial charge is 0.497 e. The molecule has 2 heterocycles. The lowest BCUT2D eigenvalue weighted by Gasteiger charge is -2.20. The Kier molecular flexibility index (Phi) is 5.43. The van der Waals surface area contributed by atoms with Gasteiger partial charge in [0.1, 0.15) is 11.6 Å². The first-order valence-corrected chi connectivity index (χ1v) is 8.40. The third-order valence-corrected chi connectivity index (χ3v) is 4.29. The molecule has 6 heteroatoms. The minimum Gasteiger partial charge on any atom is -0.497 e. The highest BCUT2D eigenvalue weighted by atomic mass is 16.5. The summed E-state index contributed by atoms with van der Waals surface area (Å²) in [7, 11) is 5.26. The van der Waals surface area contributed by atoms with Gasteiger partial charge in [-0.15, -0.1) is 0 Å². The molecule has 1 aromatic carbocycles. The lowest BCUT2D eigenvalue weighted by Crippen LogP contribution is -2.27. The van der Waals surface area contributed by atoms with Gasteiger partial charge in [0.2, 0.25) is 0 Å². The second-order valence-corrected chi connectivity index (χ2v) is 5.91. The molecule has 0 saturated heterocycles. The summed E-state index contributed by atoms with van der Waals surface area (Å²) in [6, 6.07) is 15.7. The number of pyridine rings is 1. The van der Waals surface area contributed by atoms with Gasteiger partial charge in [0.25, 0.3) is 5.91 Å². The van der Waals surface area contributed by atoms with Gasteiger partial charge in [-0.2, -0.15) is 0 Å². The van der Waals surface area contributed by atoms with Crippen LogP contribution in [0.1, 0.15) is 10.4 Å². The Balaban J connectivity index is 1.88. The van der Waals surface area contributed by atoms with E-state index in [1.54, 1.807) is 14.2 Å². The van der Waals surface area contributed by atoms with Crippen LogP contribution < -0.4 is 15.0 Å². The highest BCUT2D eigenvalue weighted by Crippen LogP contribution is 2.27. The minimum absolute atomic E-state index is 0.115. The molecule has 0 saturated carbocycles. The standard InChI is InChI=1S/C20H23N3O3/c1-22(16-6-9-18(26-3)10-7-16)19-11-8-17-5-4-15(14-23(17)19)20(24)21-12-13-25-2/h4-11,14H,12-13H2,1-3H3,(H,21,24). The van der Waals surface area contributed by atoms with Gasteiger partial charge in [-0.1, -0.05) is 0 Å². The van der Waals surface area contributed by atoms with Crippen LogP contribution in [-0.4, -0.2) is 44.7 Å². The third kappa shape index (κ3) is 3.65. The molecular formula is C20H23N3O3. The average molecular weight is 353 g/mol. The van der Waals surface area contributed by atoms with Crippen LogP contribution in [0.2, 0.25) is 0 Å². The molecule has 2 aromatic heterocycles. The molecule has 0 spiro atoms. The lowest BCUT2D eigenvalue weighted by atomic mass is 10.2. The first-order chi connectivity index (χ1) is 12.6. The van der Waals surface area contributed by atoms with Crippen molar-refractivity contribution >= 4 is 22.9 Å². The van der Waals surface area contributed by atoms with Crippen LogP contribution in [0.4, 0.5) is 11.5 Å². The fourth-order valence-electron chi connectivity index (χ4n) is 2.80. The van der Waals surface area contributed by atoms with E-state index in [-0.39, 0.29) is 5.91 Å². The molecule has 3 rings (SSSR count). The molecule has 3 aromatic rings. The maximum absolute atomic E-state index is 12.3. The monoisotopic (exact) mass is 353 g/mol. The van der Waals surface area contributed by atoms with Gasteiger partial charge in [-0.05, 0) is 48.5 Å². The Morgan fingerprint density at radius 1 is 1.08 bits per heavy atom. The number of amides is 1. The molecule has 0 aliphatic carbocycles. The van der Waals surface area contributed by atoms with Gasteiger partial charge in [-0.3, -0.25) is 4.79 Å². The Bertz CT molecular complexity index is 887. The Hall–Kier alpha value is -2.99. The fraction of sp³-hybridized carbons (Fsp3) is 0.250. The van der Waals surface area contributed by atoms with Crippen LogP contribution >= 0.6 is 0 Å². The number of nitrogens with zero attached hydrogens (tertiary/aromatic N) is 2. The van der Waals surface area contributed by atoms with Crippen molar-refractivity contribution in [2.45, 2.75) is 0 Å². The molecule has 0 atom stereocenters. The van der Waals surface area contributed by atoms with Crippen molar-refractivity contribution < 1.29 is 14.3 Å². The van der Waals surface area contributed by atoms with Crippen molar-refractivity contribution in [1.29, 1.82) is 0 Å². The molecule has 0 aliphatic rings. The number of fused-ring (bicyclic) bond motifs is 1. The van der Waals surface area contributed by atoms with E-state index in [0.29, 0.717) is 18.7 Å². The van der Waals surface area contributed by atoms with Gasteiger partial charge >= 0.3 is 0 Å². The van der Waals surface area contributed by atoms with E-state index < -0.39 is 0 Å². The maximum Gasteiger partial charge on any atom is 0.252 e. The summed E-state index contributed by atoms with van der Waals surface area (Å²) in [5.41, 5.74) is 2.66. The van der Waals surface area contributed by atoms with Gasteiger partial charge in [-0.25, -0.2) is 0 Å². The van der Waals surface area contributed by atoms with Crippen molar-refractivity contribution in [2.75, 3.05) is 39.3 Å². The number of rotatable bonds is 7. The number of ether oxygens (including phenoxy) is 2. The van der Waals surface area contributed by atoms with Gasteiger partial charge in [0.15, 0.2) is 0 Å². The number of hydrogen-bond acceptors (Lipinski definition) is 4. The first-order valence-electron chi connectivity index (χ1n) is 8.40. The van der Waals surface area contributed by atoms with Crippen LogP contribution in [0.25, 0.3) is 5.52 Å². The zero-order valence-electron chi connectivity index (χ0n) is 15.2. The number of carbonyl (C=O) groups is 1. The maximum atomic E-state index is 12.3. The molecule has 26 heavy (non-hydrogen) atoms. The molecule has 0 unspecified atom stereocenters. The fourth-order valence-corrected chi connectivity index (χ4v) is 2.80. The summed E-state index contributed by atoms with van der Waals surface area (Å²) in [5, 5.41) is 2.85. The van der Waals surface area contributed by atoms with Crippen molar-refractivity contribution in [3.8, 4) is 5.75 Å². The van der Waals surface area contributed by atoms with Crippen LogP contribution in [0.3, 0.4) is 0 Å². The lowest BCUT2D eigenvalue weighted by molar-refractivity contribution is 0.0936. The zero-order valence-corrected chi connectivity index (χ0v) is 15.2. The molecule has 0 aliphatic heterocycles. The molecule has 6 nitrogen and oxygen atoms in total. The number of methoxy groups -OCH3 is 2. The normalized spacial score (nSPS) is 10.7. The Labute approximate surface area is 152 Å². The van der Waals surface area contributed by atoms with E-state index in [1.165, 1.54) is 0 Å². The molecular weight excluding hydrogens is 330 g/mol. The number of benzene rings is 1. The van der Waals surface area contributed by atoms with E-state index in [0.717, 1.165) is 22.8 Å². The second kappa shape index (κ2) is 7.93. The van der Waals surface area contributed by atoms with Crippen LogP contribution in [-0.2, 0) is 4.74 Å². The summed E-state index contributed by atoms with van der Waals surface area (Å²) in [4.78, 5) is 14.4. The van der Waals surface area contributed by atoms with Crippen molar-refractivity contribution in [2.24, 2.45) is 0 Å². The highest BCUT2D eigenvalue weighted by molar-refractivity contribution is 5.94. The summed E-state index contributed by atoms with van der Waals surface area (Å²) in [6.45, 7) is 0.973. The SMILES string of the molecule is COCCNC(=O)c1ccc2ccc(N(C)c3ccc(OC)cc3)n2c1. The minimum atomic E-state index is -0.115. The number of carbonyl (C=O) groups excluding carboxylic acids is 1. The first kappa shape index (κ1) is 17.8. The van der Waals surface area contributed by atoms with E-state index in [4.69, 9.17) is 9.47 Å². The summed E-state index contributed by atoms with van der Waals surface area (Å²) in [6.07, 6.45) is 1.85. The zero-order chi connectivity index (χ0) is 18.5. The third-order valence-electron chi connectivity index (χ3n) is 4.29. The van der Waals surface area contributed by atoms with Crippen LogP contribution in [0.5, 0.6) is 5.75 Å². The topological polar surface area (TPSA) is 55.2 Å². The Morgan fingerprint density at radius 3 is 2.50 bits per heavy atom. The van der Waals surface area contributed by atoms with Gasteiger partial charge in [0.05, 0.1) is 19.3 Å². The van der Waals surface area contributed by atoms with E-state index in [2.05, 4.69) is 10.2 Å². The molecule has 0 fully saturated rings. The van der Waals surface area contributed by atoms with E-state index in [9.17, 15) is 4.79 Å². The van der Waals surface area contributed by atoms with Gasteiger partial charge < -0.3 is 24.1 Å². The van der Waals surface area contributed by atoms with Crippen LogP contribution in [0.15, 0.2) is 54.7 Å². The molecule has 0 radical (unpaired) electrons. The number of aromatic nitrogens is 1. The van der Waals surface area contributed by atoms with Crippen molar-refractivity contribution in [3.05, 3.63) is 60.3 Å². The summed E-state index contributed by atoms with van der Waals surface area (Å²) in [5.74, 6) is 1.67. The molecule has 136 valence electrons. The molecule has 0 bridgehead atoms. The highest BCUT2D eigenvalue weighted by Gasteiger charge is 2.12. The second-order valence-electron chi connectivity index (χ2n) is 5.91. The molecule has 1 amide bonds. The predicted octanol–water partition coefficient (Wildman–Crippen LogP) is 3.09. The number of nitrogens with one attached hydrogen (secondary N) is 1. The number of anilines is 2. The quantitative estimate of drug-likeness (QED) is 0.663. The molecule has 1 N–H and O–H groups in total. The van der Waals surface area contributed by atoms with E-state index >= 15 is 0 Å². The predicted molar refractivity (Wildman–Crippen MR) is 103 cm³/mol. The summed E-state index contributed by atoms with van der Waals surface area (Å²) < 4.78 is 12.2. The van der Waals surface area contributed by atoms with Crippen LogP contribution in [0, 0.1) is 0 Å². The van der Waals surface area contributed by atoms with E-state index in [1.807, 2.05) is 66.2 Å². The van der Waals surface area contributed by atoms with Crippen molar-refractivity contribution in [1.82, 2.24) is 9.72 Å². The van der Waals surface area contributed by atoms with Gasteiger partial charge in [0, 0.05) is 38.1 Å². The smallest absolute Gasteiger partial charge is 0.252 e. The average Bonchev–Trinajstić information content (AvgIpc) is 3.10. The van der Waals surface area contributed by atoms with Crippen molar-refractivity contribution in [3.63, 3.8) is 0 Å². The number of hydrogen-bond donors (Lipinski definition) is 1. The Morgan fingerprint density at radius 2 is 1.81 bits per heavy atom.